The number of sulfone groups is 1. The molecule has 2 N–H and O–H groups in total. The van der Waals surface area contributed by atoms with Crippen LogP contribution in [0, 0.1) is 6.92 Å². The van der Waals surface area contributed by atoms with Crippen LogP contribution in [0.3, 0.4) is 0 Å². The molecule has 0 aliphatic heterocycles. The van der Waals surface area contributed by atoms with E-state index in [-0.39, 0.29) is 21.9 Å². The number of carboxylic acid groups (broad SMARTS) is 1. The van der Waals surface area contributed by atoms with Crippen LogP contribution in [0.5, 0.6) is 0 Å². The highest BCUT2D eigenvalue weighted by molar-refractivity contribution is 7.90. The van der Waals surface area contributed by atoms with E-state index in [1.54, 1.807) is 18.2 Å². The Morgan fingerprint density at radius 1 is 1.24 bits per heavy atom. The van der Waals surface area contributed by atoms with Crippen molar-refractivity contribution in [2.24, 2.45) is 0 Å². The van der Waals surface area contributed by atoms with Crippen molar-refractivity contribution in [1.29, 1.82) is 0 Å². The van der Waals surface area contributed by atoms with E-state index in [0.717, 1.165) is 11.1 Å². The van der Waals surface area contributed by atoms with E-state index in [4.69, 9.17) is 0 Å². The van der Waals surface area contributed by atoms with Gasteiger partial charge in [0.15, 0.2) is 9.84 Å². The Labute approximate surface area is 150 Å². The minimum Gasteiger partial charge on any atom is -0.478 e. The van der Waals surface area contributed by atoms with Crippen molar-refractivity contribution in [3.05, 3.63) is 45.8 Å². The number of carbonyl (C=O) groups excluding carboxylic acids is 1. The number of aryl methyl sites for hydroxylation is 1. The first-order valence-corrected chi connectivity index (χ1v) is 10.3. The van der Waals surface area contributed by atoms with Gasteiger partial charge in [-0.05, 0) is 30.5 Å². The molecule has 0 atom stereocenters. The minimum absolute atomic E-state index is 0.0974. The van der Waals surface area contributed by atoms with Crippen molar-refractivity contribution in [2.45, 2.75) is 31.6 Å². The number of nitrogens with one attached hydrogen (secondary N) is 1. The number of benzene rings is 1. The first-order valence-electron chi connectivity index (χ1n) is 7.58. The topological polar surface area (TPSA) is 101 Å². The second-order valence-electron chi connectivity index (χ2n) is 5.60. The van der Waals surface area contributed by atoms with Gasteiger partial charge >= 0.3 is 5.97 Å². The Morgan fingerprint density at radius 2 is 1.88 bits per heavy atom. The molecule has 0 saturated carbocycles. The standard InChI is InChI=1S/C17H19NO5S2/c1-4-12-10(2)24-16(15(12)17(20)21)18-14(19)9-11-7-5-6-8-13(11)25(3,22)23/h5-8H,4,9H2,1-3H3,(H,18,19)(H,20,21). The number of carbonyl (C=O) groups is 2. The molecular weight excluding hydrogens is 362 g/mol. The van der Waals surface area contributed by atoms with Crippen LogP contribution in [0.1, 0.15) is 33.3 Å². The van der Waals surface area contributed by atoms with Gasteiger partial charge in [-0.3, -0.25) is 4.79 Å². The van der Waals surface area contributed by atoms with E-state index in [9.17, 15) is 23.1 Å². The third-order valence-electron chi connectivity index (χ3n) is 3.75. The molecule has 2 aromatic rings. The SMILES string of the molecule is CCc1c(C)sc(NC(=O)Cc2ccccc2S(C)(=O)=O)c1C(=O)O. The van der Waals surface area contributed by atoms with Crippen LogP contribution in [0.4, 0.5) is 5.00 Å². The molecule has 1 aromatic heterocycles. The fourth-order valence-electron chi connectivity index (χ4n) is 2.67. The van der Waals surface area contributed by atoms with Crippen LogP contribution in [0.15, 0.2) is 29.2 Å². The maximum absolute atomic E-state index is 12.4. The lowest BCUT2D eigenvalue weighted by atomic mass is 10.1. The summed E-state index contributed by atoms with van der Waals surface area (Å²) in [7, 11) is -3.45. The molecule has 1 heterocycles. The smallest absolute Gasteiger partial charge is 0.339 e. The molecule has 0 aliphatic rings. The normalized spacial score (nSPS) is 11.3. The summed E-state index contributed by atoms with van der Waals surface area (Å²) in [6.07, 6.45) is 1.49. The second-order valence-corrected chi connectivity index (χ2v) is 8.81. The van der Waals surface area contributed by atoms with E-state index < -0.39 is 21.7 Å². The van der Waals surface area contributed by atoms with Crippen LogP contribution in [0.25, 0.3) is 0 Å². The van der Waals surface area contributed by atoms with Gasteiger partial charge < -0.3 is 10.4 Å². The molecule has 134 valence electrons. The largest absolute Gasteiger partial charge is 0.478 e. The molecule has 6 nitrogen and oxygen atoms in total. The monoisotopic (exact) mass is 381 g/mol. The van der Waals surface area contributed by atoms with Gasteiger partial charge in [0.25, 0.3) is 0 Å². The first kappa shape index (κ1) is 19.1. The predicted molar refractivity (Wildman–Crippen MR) is 97.3 cm³/mol. The summed E-state index contributed by atoms with van der Waals surface area (Å²) in [4.78, 5) is 24.8. The van der Waals surface area contributed by atoms with E-state index in [0.29, 0.717) is 17.5 Å². The molecule has 0 bridgehead atoms. The van der Waals surface area contributed by atoms with Crippen molar-refractivity contribution < 1.29 is 23.1 Å². The van der Waals surface area contributed by atoms with E-state index in [1.165, 1.54) is 17.4 Å². The Balaban J connectivity index is 2.30. The summed E-state index contributed by atoms with van der Waals surface area (Å²) in [5, 5.41) is 12.3. The highest BCUT2D eigenvalue weighted by atomic mass is 32.2. The number of hydrogen-bond donors (Lipinski definition) is 2. The van der Waals surface area contributed by atoms with Crippen molar-refractivity contribution >= 4 is 38.1 Å². The number of thiophene rings is 1. The molecule has 0 unspecified atom stereocenters. The molecular formula is C17H19NO5S2. The summed E-state index contributed by atoms with van der Waals surface area (Å²) in [5.74, 6) is -1.55. The van der Waals surface area contributed by atoms with Crippen molar-refractivity contribution in [2.75, 3.05) is 11.6 Å². The Kier molecular flexibility index (Phi) is 5.64. The van der Waals surface area contributed by atoms with Gasteiger partial charge in [-0.1, -0.05) is 25.1 Å². The molecule has 0 fully saturated rings. The number of rotatable bonds is 6. The molecule has 0 saturated heterocycles. The van der Waals surface area contributed by atoms with Crippen LogP contribution >= 0.6 is 11.3 Å². The third kappa shape index (κ3) is 4.26. The average Bonchev–Trinajstić information content (AvgIpc) is 2.81. The van der Waals surface area contributed by atoms with Crippen molar-refractivity contribution in [1.82, 2.24) is 0 Å². The molecule has 0 radical (unpaired) electrons. The zero-order valence-electron chi connectivity index (χ0n) is 14.1. The van der Waals surface area contributed by atoms with Gasteiger partial charge in [-0.2, -0.15) is 0 Å². The Morgan fingerprint density at radius 3 is 2.44 bits per heavy atom. The van der Waals surface area contributed by atoms with E-state index >= 15 is 0 Å². The highest BCUT2D eigenvalue weighted by Gasteiger charge is 2.22. The zero-order chi connectivity index (χ0) is 18.8. The summed E-state index contributed by atoms with van der Waals surface area (Å²) < 4.78 is 23.6. The number of aromatic carboxylic acids is 1. The maximum Gasteiger partial charge on any atom is 0.339 e. The summed E-state index contributed by atoms with van der Waals surface area (Å²) in [6.45, 7) is 3.67. The molecule has 2 rings (SSSR count). The Hall–Kier alpha value is -2.19. The molecule has 1 aromatic carbocycles. The molecule has 8 heteroatoms. The lowest BCUT2D eigenvalue weighted by Crippen LogP contribution is -2.17. The minimum atomic E-state index is -3.45. The predicted octanol–water partition coefficient (Wildman–Crippen LogP) is 2.90. The van der Waals surface area contributed by atoms with Crippen LogP contribution in [-0.2, 0) is 27.5 Å². The zero-order valence-corrected chi connectivity index (χ0v) is 15.8. The summed E-state index contributed by atoms with van der Waals surface area (Å²) in [6, 6.07) is 6.28. The lowest BCUT2D eigenvalue weighted by molar-refractivity contribution is -0.115. The number of amides is 1. The van der Waals surface area contributed by atoms with Gasteiger partial charge in [-0.15, -0.1) is 11.3 Å². The van der Waals surface area contributed by atoms with Gasteiger partial charge in [-0.25, -0.2) is 13.2 Å². The van der Waals surface area contributed by atoms with Gasteiger partial charge in [0, 0.05) is 11.1 Å². The van der Waals surface area contributed by atoms with E-state index in [2.05, 4.69) is 5.32 Å². The van der Waals surface area contributed by atoms with Gasteiger partial charge in [0.1, 0.15) is 5.00 Å². The number of hydrogen-bond acceptors (Lipinski definition) is 5. The highest BCUT2D eigenvalue weighted by Crippen LogP contribution is 2.33. The second kappa shape index (κ2) is 7.37. The molecule has 0 spiro atoms. The average molecular weight is 381 g/mol. The van der Waals surface area contributed by atoms with Crippen LogP contribution in [-0.4, -0.2) is 31.7 Å². The van der Waals surface area contributed by atoms with Gasteiger partial charge in [0.05, 0.1) is 16.9 Å². The maximum atomic E-state index is 12.4. The summed E-state index contributed by atoms with van der Waals surface area (Å²) in [5.41, 5.74) is 1.18. The first-order chi connectivity index (χ1) is 11.6. The summed E-state index contributed by atoms with van der Waals surface area (Å²) >= 11 is 1.21. The van der Waals surface area contributed by atoms with Crippen molar-refractivity contribution in [3.63, 3.8) is 0 Å². The third-order valence-corrected chi connectivity index (χ3v) is 6.01. The Bertz CT molecular complexity index is 929. The number of anilines is 1. The van der Waals surface area contributed by atoms with Crippen LogP contribution in [0.2, 0.25) is 0 Å². The molecule has 1 amide bonds. The number of carboxylic acids is 1. The van der Waals surface area contributed by atoms with Crippen molar-refractivity contribution in [3.8, 4) is 0 Å². The molecule has 0 aliphatic carbocycles. The quantitative estimate of drug-likeness (QED) is 0.801. The molecule has 25 heavy (non-hydrogen) atoms. The fourth-order valence-corrected chi connectivity index (χ4v) is 4.77. The fraction of sp³-hybridized carbons (Fsp3) is 0.294. The van der Waals surface area contributed by atoms with E-state index in [1.807, 2.05) is 13.8 Å². The lowest BCUT2D eigenvalue weighted by Gasteiger charge is -2.08. The van der Waals surface area contributed by atoms with Gasteiger partial charge in [0.2, 0.25) is 5.91 Å². The van der Waals surface area contributed by atoms with Crippen LogP contribution < -0.4 is 5.32 Å².